The lowest BCUT2D eigenvalue weighted by Crippen LogP contribution is -2.43. The van der Waals surface area contributed by atoms with Gasteiger partial charge in [0.15, 0.2) is 0 Å². The van der Waals surface area contributed by atoms with Gasteiger partial charge in [-0.3, -0.25) is 4.99 Å². The molecule has 0 aliphatic carbocycles. The molecule has 5 nitrogen and oxygen atoms in total. The Hall–Kier alpha value is -1.20. The Morgan fingerprint density at radius 3 is 2.55 bits per heavy atom. The number of nitrogens with zero attached hydrogens (tertiary/aromatic N) is 2. The predicted molar refractivity (Wildman–Crippen MR) is 135 cm³/mol. The minimum atomic E-state index is 0.294. The van der Waals surface area contributed by atoms with Crippen LogP contribution < -0.4 is 11.1 Å². The fraction of sp³-hybridized carbons (Fsp3) is 0.846. The maximum Gasteiger partial charge on any atom is 0.129 e. The van der Waals surface area contributed by atoms with Crippen LogP contribution in [0.15, 0.2) is 17.1 Å². The number of piperidine rings is 1. The van der Waals surface area contributed by atoms with E-state index in [4.69, 9.17) is 10.7 Å². The predicted octanol–water partition coefficient (Wildman–Crippen LogP) is 5.10. The summed E-state index contributed by atoms with van der Waals surface area (Å²) in [6.07, 6.45) is 12.0. The zero-order valence-corrected chi connectivity index (χ0v) is 20.9. The summed E-state index contributed by atoms with van der Waals surface area (Å²) in [4.78, 5) is 18.9. The summed E-state index contributed by atoms with van der Waals surface area (Å²) in [5.74, 6) is 1.64. The zero-order chi connectivity index (χ0) is 23.1. The number of Topliss-reactive ketones (excluding diaryl/α,β-unsaturated/α-hetero) is 1. The number of allylic oxidation sites excluding steroid dienone is 1. The van der Waals surface area contributed by atoms with Crippen LogP contribution in [0.3, 0.4) is 0 Å². The van der Waals surface area contributed by atoms with Crippen molar-refractivity contribution in [2.24, 2.45) is 16.6 Å². The molecule has 0 aromatic carbocycles. The van der Waals surface area contributed by atoms with Crippen LogP contribution >= 0.6 is 0 Å². The molecule has 3 N–H and O–H groups in total. The minimum absolute atomic E-state index is 0.294. The lowest BCUT2D eigenvalue weighted by atomic mass is 9.98. The second-order valence-electron chi connectivity index (χ2n) is 9.87. The van der Waals surface area contributed by atoms with E-state index >= 15 is 0 Å². The fourth-order valence-electron chi connectivity index (χ4n) is 4.23. The molecule has 0 bridgehead atoms. The lowest BCUT2D eigenvalue weighted by Gasteiger charge is -2.34. The molecule has 1 unspecified atom stereocenters. The van der Waals surface area contributed by atoms with E-state index in [9.17, 15) is 4.79 Å². The van der Waals surface area contributed by atoms with Gasteiger partial charge < -0.3 is 20.7 Å². The van der Waals surface area contributed by atoms with Gasteiger partial charge in [-0.25, -0.2) is 0 Å². The smallest absolute Gasteiger partial charge is 0.129 e. The number of carbonyl (C=O) groups is 1. The Labute approximate surface area is 192 Å². The van der Waals surface area contributed by atoms with Crippen molar-refractivity contribution >= 4 is 11.6 Å². The molecule has 3 atom stereocenters. The van der Waals surface area contributed by atoms with E-state index in [1.165, 1.54) is 31.3 Å². The third-order valence-corrected chi connectivity index (χ3v) is 6.40. The van der Waals surface area contributed by atoms with Gasteiger partial charge in [0.05, 0.1) is 11.9 Å². The van der Waals surface area contributed by atoms with Gasteiger partial charge in [-0.1, -0.05) is 25.3 Å². The molecule has 180 valence electrons. The Bertz CT molecular complexity index is 546. The van der Waals surface area contributed by atoms with Crippen molar-refractivity contribution in [3.05, 3.63) is 12.2 Å². The molecule has 0 spiro atoms. The second-order valence-corrected chi connectivity index (χ2v) is 9.87. The van der Waals surface area contributed by atoms with Gasteiger partial charge in [0, 0.05) is 32.0 Å². The van der Waals surface area contributed by atoms with Gasteiger partial charge >= 0.3 is 0 Å². The Balaban J connectivity index is 2.43. The topological polar surface area (TPSA) is 70.7 Å². The molecule has 1 rings (SSSR count). The zero-order valence-electron chi connectivity index (χ0n) is 20.9. The molecule has 0 aromatic rings. The highest BCUT2D eigenvalue weighted by atomic mass is 16.1. The van der Waals surface area contributed by atoms with Crippen LogP contribution in [0.1, 0.15) is 98.3 Å². The normalized spacial score (nSPS) is 19.9. The molecule has 1 fully saturated rings. The van der Waals surface area contributed by atoms with Crippen LogP contribution in [0.2, 0.25) is 0 Å². The van der Waals surface area contributed by atoms with E-state index in [0.717, 1.165) is 70.5 Å². The molecule has 5 heteroatoms. The van der Waals surface area contributed by atoms with Crippen molar-refractivity contribution in [1.82, 2.24) is 10.2 Å². The monoisotopic (exact) mass is 434 g/mol. The number of nitrogens with one attached hydrogen (secondary N) is 1. The van der Waals surface area contributed by atoms with Crippen LogP contribution in [-0.2, 0) is 4.79 Å². The number of aliphatic imine (C=N–C) groups is 1. The van der Waals surface area contributed by atoms with Gasteiger partial charge in [0.25, 0.3) is 0 Å². The third-order valence-electron chi connectivity index (χ3n) is 6.40. The van der Waals surface area contributed by atoms with Gasteiger partial charge in [-0.2, -0.15) is 0 Å². The summed E-state index contributed by atoms with van der Waals surface area (Å²) in [6, 6.07) is 0.854. The Kier molecular flexibility index (Phi) is 14.8. The summed E-state index contributed by atoms with van der Waals surface area (Å²) in [7, 11) is 0. The minimum Gasteiger partial charge on any atom is -0.387 e. The van der Waals surface area contributed by atoms with Crippen LogP contribution in [-0.4, -0.2) is 54.8 Å². The highest BCUT2D eigenvalue weighted by Gasteiger charge is 2.22. The van der Waals surface area contributed by atoms with Crippen LogP contribution in [0.4, 0.5) is 0 Å². The first kappa shape index (κ1) is 27.8. The standard InChI is InChI=1S/C26H50N4O/c1-6-22(4)28-18-24(16-15-23(5)31)19-30-17-11-13-25(20-30)29-26(27)14-10-8-7-9-12-21(2)3/h22,24-25,28H,2,6-20H2,1,3-5H3,(H2,27,29)/t22-,24?,25+/m1/s1. The molecule has 1 aliphatic heterocycles. The molecule has 1 heterocycles. The SMILES string of the molecule is C=C(C)CCCCCCC(N)=N[C@H]1CCCN(CC(CCC(C)=O)CN[C@H](C)CC)C1. The van der Waals surface area contributed by atoms with Crippen molar-refractivity contribution in [3.8, 4) is 0 Å². The number of unbranched alkanes of at least 4 members (excludes halogenated alkanes) is 3. The van der Waals surface area contributed by atoms with Crippen LogP contribution in [0.25, 0.3) is 0 Å². The molecular formula is C26H50N4O. The first-order valence-electron chi connectivity index (χ1n) is 12.7. The van der Waals surface area contributed by atoms with Crippen LogP contribution in [0, 0.1) is 5.92 Å². The summed E-state index contributed by atoms with van der Waals surface area (Å²) in [5, 5.41) is 3.64. The van der Waals surface area contributed by atoms with Gasteiger partial charge in [-0.05, 0) is 84.7 Å². The van der Waals surface area contributed by atoms with E-state index in [-0.39, 0.29) is 0 Å². The molecular weight excluding hydrogens is 384 g/mol. The maximum atomic E-state index is 11.5. The van der Waals surface area contributed by atoms with E-state index in [1.807, 2.05) is 0 Å². The van der Waals surface area contributed by atoms with Gasteiger partial charge in [-0.15, -0.1) is 6.58 Å². The van der Waals surface area contributed by atoms with Crippen molar-refractivity contribution in [1.29, 1.82) is 0 Å². The summed E-state index contributed by atoms with van der Waals surface area (Å²) in [6.45, 7) is 16.4. The largest absolute Gasteiger partial charge is 0.387 e. The number of carbonyl (C=O) groups excluding carboxylic acids is 1. The van der Waals surface area contributed by atoms with E-state index < -0.39 is 0 Å². The molecule has 0 saturated carbocycles. The van der Waals surface area contributed by atoms with Gasteiger partial charge in [0.2, 0.25) is 0 Å². The second kappa shape index (κ2) is 16.4. The first-order valence-corrected chi connectivity index (χ1v) is 12.7. The van der Waals surface area contributed by atoms with Crippen molar-refractivity contribution in [2.45, 2.75) is 110 Å². The lowest BCUT2D eigenvalue weighted by molar-refractivity contribution is -0.117. The number of hydrogen-bond acceptors (Lipinski definition) is 4. The fourth-order valence-corrected chi connectivity index (χ4v) is 4.23. The summed E-state index contributed by atoms with van der Waals surface area (Å²) < 4.78 is 0. The van der Waals surface area contributed by atoms with Gasteiger partial charge in [0.1, 0.15) is 5.78 Å². The molecule has 1 saturated heterocycles. The number of ketones is 1. The first-order chi connectivity index (χ1) is 14.8. The third kappa shape index (κ3) is 14.5. The van der Waals surface area contributed by atoms with Crippen molar-refractivity contribution < 1.29 is 4.79 Å². The van der Waals surface area contributed by atoms with Crippen molar-refractivity contribution in [2.75, 3.05) is 26.2 Å². The number of hydrogen-bond donors (Lipinski definition) is 2. The molecule has 0 radical (unpaired) electrons. The van der Waals surface area contributed by atoms with Crippen molar-refractivity contribution in [3.63, 3.8) is 0 Å². The molecule has 1 aliphatic rings. The Morgan fingerprint density at radius 1 is 1.19 bits per heavy atom. The average molecular weight is 435 g/mol. The average Bonchev–Trinajstić information content (AvgIpc) is 2.72. The Morgan fingerprint density at radius 2 is 1.90 bits per heavy atom. The molecule has 0 aromatic heterocycles. The van der Waals surface area contributed by atoms with E-state index in [0.29, 0.717) is 30.2 Å². The maximum absolute atomic E-state index is 11.5. The molecule has 31 heavy (non-hydrogen) atoms. The number of amidine groups is 1. The highest BCUT2D eigenvalue weighted by Crippen LogP contribution is 2.18. The van der Waals surface area contributed by atoms with E-state index in [2.05, 4.69) is 37.6 Å². The quantitative estimate of drug-likeness (QED) is 0.145. The summed E-state index contributed by atoms with van der Waals surface area (Å²) in [5.41, 5.74) is 7.54. The number of rotatable bonds is 17. The molecule has 0 amide bonds. The number of likely N-dealkylation sites (tertiary alicyclic amines) is 1. The number of nitrogens with two attached hydrogens (primary N) is 1. The van der Waals surface area contributed by atoms with E-state index in [1.54, 1.807) is 6.92 Å². The highest BCUT2D eigenvalue weighted by molar-refractivity contribution is 5.80. The summed E-state index contributed by atoms with van der Waals surface area (Å²) >= 11 is 0. The van der Waals surface area contributed by atoms with Crippen LogP contribution in [0.5, 0.6) is 0 Å².